The van der Waals surface area contributed by atoms with E-state index in [1.54, 1.807) is 0 Å². The first-order valence-corrected chi connectivity index (χ1v) is 11.6. The highest BCUT2D eigenvalue weighted by Crippen LogP contribution is 2.29. The van der Waals surface area contributed by atoms with Gasteiger partial charge >= 0.3 is 0 Å². The highest BCUT2D eigenvalue weighted by molar-refractivity contribution is 7.99. The third kappa shape index (κ3) is 4.55. The average molecular weight is 441 g/mol. The Morgan fingerprint density at radius 3 is 2.70 bits per heavy atom. The lowest BCUT2D eigenvalue weighted by atomic mass is 10.0. The number of halogens is 1. The normalized spacial score (nSPS) is 16.6. The number of amides is 1. The molecule has 3 aromatic rings. The van der Waals surface area contributed by atoms with Gasteiger partial charge < -0.3 is 4.90 Å². The number of rotatable bonds is 5. The van der Waals surface area contributed by atoms with Gasteiger partial charge in [0.1, 0.15) is 0 Å². The summed E-state index contributed by atoms with van der Waals surface area (Å²) in [5, 5.41) is 10.3. The summed E-state index contributed by atoms with van der Waals surface area (Å²) in [4.78, 5) is 14.8. The number of likely N-dealkylation sites (tertiary alicyclic amines) is 1. The van der Waals surface area contributed by atoms with E-state index in [0.29, 0.717) is 22.0 Å². The molecule has 1 aliphatic rings. The summed E-state index contributed by atoms with van der Waals surface area (Å²) < 4.78 is 2.02. The Kier molecular flexibility index (Phi) is 6.44. The number of piperidine rings is 1. The van der Waals surface area contributed by atoms with Crippen LogP contribution in [0.15, 0.2) is 53.7 Å². The van der Waals surface area contributed by atoms with Crippen molar-refractivity contribution in [2.45, 2.75) is 44.3 Å². The lowest BCUT2D eigenvalue weighted by Gasteiger charge is -2.33. The van der Waals surface area contributed by atoms with Gasteiger partial charge in [0.05, 0.1) is 5.75 Å². The number of benzene rings is 2. The van der Waals surface area contributed by atoms with Crippen LogP contribution in [-0.4, -0.2) is 43.9 Å². The van der Waals surface area contributed by atoms with Crippen LogP contribution in [0, 0.1) is 6.92 Å². The molecule has 156 valence electrons. The van der Waals surface area contributed by atoms with Gasteiger partial charge in [0.15, 0.2) is 11.0 Å². The van der Waals surface area contributed by atoms with Crippen LogP contribution in [-0.2, 0) is 4.79 Å². The van der Waals surface area contributed by atoms with Crippen LogP contribution in [0.2, 0.25) is 5.02 Å². The summed E-state index contributed by atoms with van der Waals surface area (Å²) in [7, 11) is 0. The summed E-state index contributed by atoms with van der Waals surface area (Å²) in [6.45, 7) is 5.04. The quantitative estimate of drug-likeness (QED) is 0.499. The van der Waals surface area contributed by atoms with Crippen molar-refractivity contribution in [3.63, 3.8) is 0 Å². The van der Waals surface area contributed by atoms with E-state index in [9.17, 15) is 4.79 Å². The molecule has 1 saturated heterocycles. The standard InChI is InChI=1S/C23H25ClN4OS/c1-16-6-5-8-20(14-16)28-22(18-9-11-19(24)12-10-18)25-26-23(28)30-15-21(29)27-13-4-3-7-17(27)2/h5-6,8-12,14,17H,3-4,7,13,15H2,1-2H3/t17-/m0/s1. The van der Waals surface area contributed by atoms with Gasteiger partial charge in [0, 0.05) is 28.9 Å². The Bertz CT molecular complexity index is 1030. The van der Waals surface area contributed by atoms with Crippen molar-refractivity contribution in [2.75, 3.05) is 12.3 Å². The van der Waals surface area contributed by atoms with Crippen LogP contribution in [0.5, 0.6) is 0 Å². The van der Waals surface area contributed by atoms with Gasteiger partial charge in [-0.05, 0) is 75.1 Å². The highest BCUT2D eigenvalue weighted by atomic mass is 35.5. The topological polar surface area (TPSA) is 51.0 Å². The molecular weight excluding hydrogens is 416 g/mol. The summed E-state index contributed by atoms with van der Waals surface area (Å²) in [5.41, 5.74) is 3.06. The molecule has 1 fully saturated rings. The smallest absolute Gasteiger partial charge is 0.233 e. The molecule has 0 saturated carbocycles. The lowest BCUT2D eigenvalue weighted by molar-refractivity contribution is -0.131. The third-order valence-corrected chi connectivity index (χ3v) is 6.61. The number of hydrogen-bond acceptors (Lipinski definition) is 4. The van der Waals surface area contributed by atoms with Crippen LogP contribution in [0.25, 0.3) is 17.1 Å². The Morgan fingerprint density at radius 1 is 1.17 bits per heavy atom. The zero-order valence-electron chi connectivity index (χ0n) is 17.2. The highest BCUT2D eigenvalue weighted by Gasteiger charge is 2.24. The molecule has 1 amide bonds. The molecule has 2 aromatic carbocycles. The third-order valence-electron chi connectivity index (χ3n) is 5.44. The maximum absolute atomic E-state index is 12.8. The van der Waals surface area contributed by atoms with Crippen LogP contribution in [0.1, 0.15) is 31.7 Å². The Hall–Kier alpha value is -2.31. The summed E-state index contributed by atoms with van der Waals surface area (Å²) >= 11 is 7.51. The molecule has 1 atom stereocenters. The van der Waals surface area contributed by atoms with Crippen LogP contribution in [0.3, 0.4) is 0 Å². The van der Waals surface area contributed by atoms with E-state index in [0.717, 1.165) is 42.0 Å². The number of hydrogen-bond donors (Lipinski definition) is 0. The molecule has 1 aliphatic heterocycles. The molecule has 0 bridgehead atoms. The van der Waals surface area contributed by atoms with Crippen LogP contribution >= 0.6 is 23.4 Å². The van der Waals surface area contributed by atoms with Crippen molar-refractivity contribution in [3.05, 3.63) is 59.1 Å². The van der Waals surface area contributed by atoms with Crippen molar-refractivity contribution in [3.8, 4) is 17.1 Å². The SMILES string of the molecule is Cc1cccc(-n2c(SCC(=O)N3CCCC[C@@H]3C)nnc2-c2ccc(Cl)cc2)c1. The molecule has 0 radical (unpaired) electrons. The van der Waals surface area contributed by atoms with E-state index in [-0.39, 0.29) is 5.91 Å². The first-order chi connectivity index (χ1) is 14.5. The van der Waals surface area contributed by atoms with E-state index in [2.05, 4.69) is 36.2 Å². The number of nitrogens with zero attached hydrogens (tertiary/aromatic N) is 4. The van der Waals surface area contributed by atoms with Crippen molar-refractivity contribution >= 4 is 29.3 Å². The number of carbonyl (C=O) groups is 1. The monoisotopic (exact) mass is 440 g/mol. The van der Waals surface area contributed by atoms with Gasteiger partial charge in [-0.3, -0.25) is 9.36 Å². The molecular formula is C23H25ClN4OS. The predicted octanol–water partition coefficient (Wildman–Crippen LogP) is 5.39. The van der Waals surface area contributed by atoms with Crippen LogP contribution in [0.4, 0.5) is 0 Å². The first-order valence-electron chi connectivity index (χ1n) is 10.2. The molecule has 5 nitrogen and oxygen atoms in total. The second kappa shape index (κ2) is 9.23. The van der Waals surface area contributed by atoms with E-state index in [1.807, 2.05) is 45.9 Å². The number of aromatic nitrogens is 3. The van der Waals surface area contributed by atoms with Crippen molar-refractivity contribution in [1.82, 2.24) is 19.7 Å². The van der Waals surface area contributed by atoms with Gasteiger partial charge in [-0.15, -0.1) is 10.2 Å². The van der Waals surface area contributed by atoms with Gasteiger partial charge in [-0.1, -0.05) is 35.5 Å². The fourth-order valence-electron chi connectivity index (χ4n) is 3.83. The summed E-state index contributed by atoms with van der Waals surface area (Å²) in [6, 6.07) is 16.1. The average Bonchev–Trinajstić information content (AvgIpc) is 3.17. The molecule has 0 N–H and O–H groups in total. The largest absolute Gasteiger partial charge is 0.339 e. The molecule has 1 aromatic heterocycles. The minimum Gasteiger partial charge on any atom is -0.339 e. The number of carbonyl (C=O) groups excluding carboxylic acids is 1. The van der Waals surface area contributed by atoms with E-state index >= 15 is 0 Å². The molecule has 2 heterocycles. The second-order valence-corrected chi connectivity index (χ2v) is 9.09. The van der Waals surface area contributed by atoms with Crippen molar-refractivity contribution in [2.24, 2.45) is 0 Å². The maximum Gasteiger partial charge on any atom is 0.233 e. The fraction of sp³-hybridized carbons (Fsp3) is 0.348. The van der Waals surface area contributed by atoms with E-state index in [1.165, 1.54) is 18.2 Å². The van der Waals surface area contributed by atoms with Gasteiger partial charge in [0.2, 0.25) is 5.91 Å². The zero-order chi connectivity index (χ0) is 21.1. The van der Waals surface area contributed by atoms with Gasteiger partial charge in [-0.25, -0.2) is 0 Å². The zero-order valence-corrected chi connectivity index (χ0v) is 18.8. The minimum atomic E-state index is 0.166. The molecule has 0 unspecified atom stereocenters. The molecule has 0 aliphatic carbocycles. The maximum atomic E-state index is 12.8. The second-order valence-electron chi connectivity index (χ2n) is 7.71. The van der Waals surface area contributed by atoms with Crippen molar-refractivity contribution < 1.29 is 4.79 Å². The van der Waals surface area contributed by atoms with Gasteiger partial charge in [0.25, 0.3) is 0 Å². The fourth-order valence-corrected chi connectivity index (χ4v) is 4.79. The predicted molar refractivity (Wildman–Crippen MR) is 122 cm³/mol. The first kappa shape index (κ1) is 20.9. The minimum absolute atomic E-state index is 0.166. The Balaban J connectivity index is 1.64. The number of aryl methyl sites for hydroxylation is 1. The molecule has 4 rings (SSSR count). The summed E-state index contributed by atoms with van der Waals surface area (Å²) in [6.07, 6.45) is 3.36. The Morgan fingerprint density at radius 2 is 1.97 bits per heavy atom. The van der Waals surface area contributed by atoms with Crippen molar-refractivity contribution in [1.29, 1.82) is 0 Å². The van der Waals surface area contributed by atoms with Gasteiger partial charge in [-0.2, -0.15) is 0 Å². The Labute approximate surface area is 186 Å². The molecule has 7 heteroatoms. The van der Waals surface area contributed by atoms with E-state index in [4.69, 9.17) is 11.6 Å². The molecule has 0 spiro atoms. The van der Waals surface area contributed by atoms with Crippen LogP contribution < -0.4 is 0 Å². The van der Waals surface area contributed by atoms with E-state index < -0.39 is 0 Å². The number of thioether (sulfide) groups is 1. The lowest BCUT2D eigenvalue weighted by Crippen LogP contribution is -2.42. The summed E-state index contributed by atoms with van der Waals surface area (Å²) in [5.74, 6) is 1.26. The molecule has 30 heavy (non-hydrogen) atoms.